The molecule has 1 aromatic heterocycles. The maximum absolute atomic E-state index is 13.5. The Kier molecular flexibility index (Phi) is 6.21. The lowest BCUT2D eigenvalue weighted by atomic mass is 10.2. The number of nitrogens with one attached hydrogen (secondary N) is 2. The van der Waals surface area contributed by atoms with E-state index < -0.39 is 10.0 Å². The number of fused-ring (bicyclic) bond motifs is 1. The van der Waals surface area contributed by atoms with E-state index in [9.17, 15) is 17.6 Å². The van der Waals surface area contributed by atoms with E-state index in [-0.39, 0.29) is 23.2 Å². The highest BCUT2D eigenvalue weighted by atomic mass is 32.2. The minimum Gasteiger partial charge on any atom is -0.325 e. The summed E-state index contributed by atoms with van der Waals surface area (Å²) >= 11 is 2.64. The predicted molar refractivity (Wildman–Crippen MR) is 113 cm³/mol. The molecule has 10 heteroatoms. The summed E-state index contributed by atoms with van der Waals surface area (Å²) < 4.78 is 40.9. The third kappa shape index (κ3) is 5.21. The Morgan fingerprint density at radius 3 is 2.68 bits per heavy atom. The van der Waals surface area contributed by atoms with Gasteiger partial charge in [-0.25, -0.2) is 17.8 Å². The van der Waals surface area contributed by atoms with E-state index in [1.165, 1.54) is 29.2 Å². The summed E-state index contributed by atoms with van der Waals surface area (Å²) in [7, 11) is -3.34. The van der Waals surface area contributed by atoms with Crippen molar-refractivity contribution in [1.29, 1.82) is 0 Å². The average molecular weight is 440 g/mol. The molecule has 1 heterocycles. The van der Waals surface area contributed by atoms with Crippen LogP contribution < -0.4 is 10.0 Å². The van der Waals surface area contributed by atoms with Crippen LogP contribution in [0.4, 0.5) is 15.8 Å². The van der Waals surface area contributed by atoms with Gasteiger partial charge in [-0.05, 0) is 49.7 Å². The van der Waals surface area contributed by atoms with Crippen LogP contribution in [0.3, 0.4) is 0 Å². The van der Waals surface area contributed by atoms with Crippen LogP contribution in [0, 0.1) is 12.7 Å². The zero-order valence-electron chi connectivity index (χ0n) is 15.2. The Bertz CT molecular complexity index is 1130. The second-order valence-corrected chi connectivity index (χ2v) is 10.2. The van der Waals surface area contributed by atoms with Crippen LogP contribution >= 0.6 is 23.1 Å². The number of sulfonamides is 1. The number of halogens is 1. The van der Waals surface area contributed by atoms with Crippen LogP contribution in [-0.4, -0.2) is 30.8 Å². The highest BCUT2D eigenvalue weighted by Gasteiger charge is 2.11. The quantitative estimate of drug-likeness (QED) is 0.538. The fraction of sp³-hybridized carbons (Fsp3) is 0.222. The van der Waals surface area contributed by atoms with Crippen molar-refractivity contribution in [2.75, 3.05) is 21.5 Å². The SMILES string of the molecule is CCS(=O)(=O)Nc1ccc2nc(SCC(=O)Nc3ccc(C)c(F)c3)sc2c1. The smallest absolute Gasteiger partial charge is 0.234 e. The summed E-state index contributed by atoms with van der Waals surface area (Å²) in [4.78, 5) is 16.5. The van der Waals surface area contributed by atoms with Crippen molar-refractivity contribution in [3.05, 3.63) is 47.8 Å². The van der Waals surface area contributed by atoms with Crippen molar-refractivity contribution in [2.45, 2.75) is 18.2 Å². The number of hydrogen-bond donors (Lipinski definition) is 2. The van der Waals surface area contributed by atoms with Crippen LogP contribution in [0.5, 0.6) is 0 Å². The number of carbonyl (C=O) groups is 1. The Balaban J connectivity index is 1.64. The first-order valence-electron chi connectivity index (χ1n) is 8.35. The van der Waals surface area contributed by atoms with Gasteiger partial charge in [-0.15, -0.1) is 11.3 Å². The van der Waals surface area contributed by atoms with E-state index in [1.54, 1.807) is 44.2 Å². The Morgan fingerprint density at radius 2 is 1.96 bits per heavy atom. The van der Waals surface area contributed by atoms with E-state index in [1.807, 2.05) is 0 Å². The summed E-state index contributed by atoms with van der Waals surface area (Å²) in [6, 6.07) is 9.66. The third-order valence-electron chi connectivity index (χ3n) is 3.80. The molecule has 0 unspecified atom stereocenters. The number of thioether (sulfide) groups is 1. The molecule has 3 aromatic rings. The number of aromatic nitrogens is 1. The van der Waals surface area contributed by atoms with Gasteiger partial charge in [0.25, 0.3) is 0 Å². The lowest BCUT2D eigenvalue weighted by Crippen LogP contribution is -2.14. The number of amides is 1. The van der Waals surface area contributed by atoms with Gasteiger partial charge in [0, 0.05) is 5.69 Å². The zero-order valence-corrected chi connectivity index (χ0v) is 17.6. The summed E-state index contributed by atoms with van der Waals surface area (Å²) in [6.07, 6.45) is 0. The predicted octanol–water partition coefficient (Wildman–Crippen LogP) is 4.24. The molecule has 0 bridgehead atoms. The summed E-state index contributed by atoms with van der Waals surface area (Å²) in [5.74, 6) is -0.505. The van der Waals surface area contributed by atoms with Gasteiger partial charge in [0.2, 0.25) is 15.9 Å². The highest BCUT2D eigenvalue weighted by molar-refractivity contribution is 8.01. The van der Waals surface area contributed by atoms with Crippen LogP contribution in [0.2, 0.25) is 0 Å². The van der Waals surface area contributed by atoms with Crippen molar-refractivity contribution in [2.24, 2.45) is 0 Å². The van der Waals surface area contributed by atoms with Gasteiger partial charge in [-0.1, -0.05) is 17.8 Å². The number of benzene rings is 2. The molecule has 0 aliphatic heterocycles. The van der Waals surface area contributed by atoms with E-state index in [2.05, 4.69) is 15.0 Å². The standard InChI is InChI=1S/C18H18FN3O3S3/c1-3-28(24,25)22-13-6-7-15-16(9-13)27-18(21-15)26-10-17(23)20-12-5-4-11(2)14(19)8-12/h4-9,22H,3,10H2,1-2H3,(H,20,23). The van der Waals surface area contributed by atoms with E-state index >= 15 is 0 Å². The normalized spacial score (nSPS) is 11.5. The number of anilines is 2. The molecule has 2 N–H and O–H groups in total. The van der Waals surface area contributed by atoms with Crippen LogP contribution in [0.1, 0.15) is 12.5 Å². The molecule has 2 aromatic carbocycles. The maximum Gasteiger partial charge on any atom is 0.234 e. The first-order valence-corrected chi connectivity index (χ1v) is 11.8. The summed E-state index contributed by atoms with van der Waals surface area (Å²) in [5, 5.41) is 2.66. The number of nitrogens with zero attached hydrogens (tertiary/aromatic N) is 1. The van der Waals surface area contributed by atoms with Crippen molar-refractivity contribution in [3.8, 4) is 0 Å². The Morgan fingerprint density at radius 1 is 1.21 bits per heavy atom. The number of aryl methyl sites for hydroxylation is 1. The van der Waals surface area contributed by atoms with Gasteiger partial charge in [0.05, 0.1) is 27.4 Å². The third-order valence-corrected chi connectivity index (χ3v) is 7.27. The topological polar surface area (TPSA) is 88.2 Å². The van der Waals surface area contributed by atoms with E-state index in [0.717, 1.165) is 10.2 Å². The first kappa shape index (κ1) is 20.6. The molecule has 3 rings (SSSR count). The molecule has 0 aliphatic carbocycles. The minimum atomic E-state index is -3.34. The second kappa shape index (κ2) is 8.46. The first-order chi connectivity index (χ1) is 13.3. The van der Waals surface area contributed by atoms with Crippen LogP contribution in [0.15, 0.2) is 40.7 Å². The van der Waals surface area contributed by atoms with Crippen molar-refractivity contribution < 1.29 is 17.6 Å². The molecule has 0 spiro atoms. The molecule has 0 saturated carbocycles. The highest BCUT2D eigenvalue weighted by Crippen LogP contribution is 2.31. The molecule has 0 saturated heterocycles. The zero-order chi connectivity index (χ0) is 20.3. The van der Waals surface area contributed by atoms with E-state index in [0.29, 0.717) is 21.3 Å². The van der Waals surface area contributed by atoms with Crippen molar-refractivity contribution in [1.82, 2.24) is 4.98 Å². The average Bonchev–Trinajstić information content (AvgIpc) is 3.05. The van der Waals surface area contributed by atoms with Gasteiger partial charge in [-0.2, -0.15) is 0 Å². The molecular weight excluding hydrogens is 421 g/mol. The lowest BCUT2D eigenvalue weighted by molar-refractivity contribution is -0.113. The fourth-order valence-electron chi connectivity index (χ4n) is 2.28. The number of carbonyl (C=O) groups excluding carboxylic acids is 1. The second-order valence-electron chi connectivity index (χ2n) is 5.97. The molecule has 0 atom stereocenters. The number of hydrogen-bond acceptors (Lipinski definition) is 6. The van der Waals surface area contributed by atoms with Gasteiger partial charge in [0.15, 0.2) is 4.34 Å². The molecule has 0 radical (unpaired) electrons. The molecule has 0 aliphatic rings. The Hall–Kier alpha value is -2.17. The monoisotopic (exact) mass is 439 g/mol. The van der Waals surface area contributed by atoms with E-state index in [4.69, 9.17) is 0 Å². The molecule has 6 nitrogen and oxygen atoms in total. The summed E-state index contributed by atoms with van der Waals surface area (Å²) in [6.45, 7) is 3.22. The fourth-order valence-corrected chi connectivity index (χ4v) is 4.81. The van der Waals surface area contributed by atoms with Gasteiger partial charge in [0.1, 0.15) is 5.82 Å². The van der Waals surface area contributed by atoms with Crippen LogP contribution in [-0.2, 0) is 14.8 Å². The molecule has 148 valence electrons. The van der Waals surface area contributed by atoms with Gasteiger partial charge >= 0.3 is 0 Å². The molecule has 1 amide bonds. The van der Waals surface area contributed by atoms with Crippen LogP contribution in [0.25, 0.3) is 10.2 Å². The summed E-state index contributed by atoms with van der Waals surface area (Å²) in [5.41, 5.74) is 2.13. The molecule has 0 fully saturated rings. The van der Waals surface area contributed by atoms with Crippen molar-refractivity contribution >= 4 is 60.6 Å². The Labute approximate surface area is 170 Å². The maximum atomic E-state index is 13.5. The lowest BCUT2D eigenvalue weighted by Gasteiger charge is -2.05. The van der Waals surface area contributed by atoms with Crippen molar-refractivity contribution in [3.63, 3.8) is 0 Å². The largest absolute Gasteiger partial charge is 0.325 e. The minimum absolute atomic E-state index is 0.00514. The number of rotatable bonds is 7. The number of thiazole rings is 1. The molecular formula is C18H18FN3O3S3. The van der Waals surface area contributed by atoms with Gasteiger partial charge in [-0.3, -0.25) is 9.52 Å². The van der Waals surface area contributed by atoms with Gasteiger partial charge < -0.3 is 5.32 Å². The molecule has 28 heavy (non-hydrogen) atoms.